The lowest BCUT2D eigenvalue weighted by atomic mass is 10.2. The number of hydrogen-bond acceptors (Lipinski definition) is 4. The predicted octanol–water partition coefficient (Wildman–Crippen LogP) is 2.01. The van der Waals surface area contributed by atoms with Crippen LogP contribution in [0.4, 0.5) is 0 Å². The van der Waals surface area contributed by atoms with Crippen molar-refractivity contribution in [3.8, 4) is 0 Å². The van der Waals surface area contributed by atoms with Crippen LogP contribution in [0.5, 0.6) is 0 Å². The van der Waals surface area contributed by atoms with Gasteiger partial charge in [0, 0.05) is 30.6 Å². The lowest BCUT2D eigenvalue weighted by Gasteiger charge is -2.21. The van der Waals surface area contributed by atoms with Crippen molar-refractivity contribution in [3.63, 3.8) is 0 Å². The Balaban J connectivity index is 1.44. The molecule has 1 amide bonds. The number of hydrogen-bond donors (Lipinski definition) is 1. The van der Waals surface area contributed by atoms with Gasteiger partial charge in [0.2, 0.25) is 5.91 Å². The maximum Gasteiger partial charge on any atom is 0.234 e. The van der Waals surface area contributed by atoms with Gasteiger partial charge in [-0.1, -0.05) is 6.07 Å². The van der Waals surface area contributed by atoms with Crippen LogP contribution >= 0.6 is 11.3 Å². The molecule has 0 aromatic carbocycles. The molecule has 0 unspecified atom stereocenters. The van der Waals surface area contributed by atoms with Gasteiger partial charge in [-0.15, -0.1) is 11.3 Å². The first-order chi connectivity index (χ1) is 9.81. The van der Waals surface area contributed by atoms with E-state index in [9.17, 15) is 4.79 Å². The molecule has 4 nitrogen and oxygen atoms in total. The molecule has 1 N–H and O–H groups in total. The SMILES string of the molecule is O=C(CN(Cc1cccs1)C1CC1)NC[C@H]1CCCO1. The minimum atomic E-state index is 0.129. The number of ether oxygens (including phenoxy) is 1. The third-order valence-corrected chi connectivity index (χ3v) is 4.76. The van der Waals surface area contributed by atoms with Crippen molar-refractivity contribution in [1.82, 2.24) is 10.2 Å². The molecule has 1 aliphatic heterocycles. The summed E-state index contributed by atoms with van der Waals surface area (Å²) in [4.78, 5) is 15.7. The van der Waals surface area contributed by atoms with Gasteiger partial charge in [0.25, 0.3) is 0 Å². The number of thiophene rings is 1. The lowest BCUT2D eigenvalue weighted by Crippen LogP contribution is -2.40. The Morgan fingerprint density at radius 3 is 3.00 bits per heavy atom. The molecule has 2 fully saturated rings. The Hall–Kier alpha value is -0.910. The van der Waals surface area contributed by atoms with Gasteiger partial charge < -0.3 is 10.1 Å². The minimum Gasteiger partial charge on any atom is -0.376 e. The van der Waals surface area contributed by atoms with Crippen LogP contribution < -0.4 is 5.32 Å². The molecule has 0 radical (unpaired) electrons. The summed E-state index contributed by atoms with van der Waals surface area (Å²) in [7, 11) is 0. The fourth-order valence-electron chi connectivity index (χ4n) is 2.63. The molecule has 20 heavy (non-hydrogen) atoms. The van der Waals surface area contributed by atoms with E-state index in [0.29, 0.717) is 19.1 Å². The third kappa shape index (κ3) is 4.04. The average molecular weight is 294 g/mol. The number of carbonyl (C=O) groups excluding carboxylic acids is 1. The van der Waals surface area contributed by atoms with Gasteiger partial charge in [-0.25, -0.2) is 0 Å². The summed E-state index contributed by atoms with van der Waals surface area (Å²) >= 11 is 1.76. The first-order valence-electron chi connectivity index (χ1n) is 7.46. The Kier molecular flexibility index (Phi) is 4.70. The molecule has 1 aromatic heterocycles. The van der Waals surface area contributed by atoms with Crippen molar-refractivity contribution in [2.45, 2.75) is 44.4 Å². The Labute approximate surface area is 124 Å². The normalized spacial score (nSPS) is 22.4. The van der Waals surface area contributed by atoms with E-state index >= 15 is 0 Å². The summed E-state index contributed by atoms with van der Waals surface area (Å²) in [6.07, 6.45) is 4.87. The molecule has 2 heterocycles. The van der Waals surface area contributed by atoms with Crippen LogP contribution in [0.1, 0.15) is 30.6 Å². The van der Waals surface area contributed by atoms with Crippen LogP contribution in [0.25, 0.3) is 0 Å². The quantitative estimate of drug-likeness (QED) is 0.836. The first-order valence-corrected chi connectivity index (χ1v) is 8.34. The van der Waals surface area contributed by atoms with Gasteiger partial charge in [0.05, 0.1) is 12.6 Å². The summed E-state index contributed by atoms with van der Waals surface area (Å²) < 4.78 is 5.53. The highest BCUT2D eigenvalue weighted by Crippen LogP contribution is 2.28. The van der Waals surface area contributed by atoms with E-state index in [0.717, 1.165) is 26.0 Å². The summed E-state index contributed by atoms with van der Waals surface area (Å²) in [5, 5.41) is 5.11. The molecule has 1 aromatic rings. The van der Waals surface area contributed by atoms with Crippen LogP contribution in [0.2, 0.25) is 0 Å². The number of nitrogens with zero attached hydrogens (tertiary/aromatic N) is 1. The monoisotopic (exact) mass is 294 g/mol. The largest absolute Gasteiger partial charge is 0.376 e. The van der Waals surface area contributed by atoms with Gasteiger partial charge in [-0.3, -0.25) is 9.69 Å². The van der Waals surface area contributed by atoms with Gasteiger partial charge in [0.15, 0.2) is 0 Å². The molecular formula is C15H22N2O2S. The number of nitrogens with one attached hydrogen (secondary N) is 1. The summed E-state index contributed by atoms with van der Waals surface area (Å²) in [6, 6.07) is 4.82. The average Bonchev–Trinajstić information content (AvgIpc) is 2.94. The van der Waals surface area contributed by atoms with Crippen LogP contribution in [0.15, 0.2) is 17.5 Å². The Bertz CT molecular complexity index is 425. The van der Waals surface area contributed by atoms with E-state index in [1.54, 1.807) is 11.3 Å². The first kappa shape index (κ1) is 14.0. The van der Waals surface area contributed by atoms with Crippen LogP contribution in [-0.4, -0.2) is 42.6 Å². The minimum absolute atomic E-state index is 0.129. The van der Waals surface area contributed by atoms with Crippen molar-refractivity contribution in [1.29, 1.82) is 0 Å². The number of amides is 1. The summed E-state index contributed by atoms with van der Waals surface area (Å²) in [5.74, 6) is 0.129. The van der Waals surface area contributed by atoms with E-state index in [2.05, 4.69) is 27.7 Å². The highest BCUT2D eigenvalue weighted by molar-refractivity contribution is 7.09. The van der Waals surface area contributed by atoms with Crippen molar-refractivity contribution in [2.24, 2.45) is 0 Å². The van der Waals surface area contributed by atoms with E-state index in [1.165, 1.54) is 17.7 Å². The predicted molar refractivity (Wildman–Crippen MR) is 79.7 cm³/mol. The molecule has 0 spiro atoms. The van der Waals surface area contributed by atoms with Gasteiger partial charge in [-0.05, 0) is 37.1 Å². The lowest BCUT2D eigenvalue weighted by molar-refractivity contribution is -0.123. The second-order valence-corrected chi connectivity index (χ2v) is 6.69. The van der Waals surface area contributed by atoms with E-state index < -0.39 is 0 Å². The van der Waals surface area contributed by atoms with Gasteiger partial charge >= 0.3 is 0 Å². The fourth-order valence-corrected chi connectivity index (χ4v) is 3.36. The third-order valence-electron chi connectivity index (χ3n) is 3.90. The van der Waals surface area contributed by atoms with Crippen LogP contribution in [-0.2, 0) is 16.1 Å². The zero-order valence-electron chi connectivity index (χ0n) is 11.7. The molecule has 5 heteroatoms. The molecule has 0 bridgehead atoms. The van der Waals surface area contributed by atoms with Crippen molar-refractivity contribution < 1.29 is 9.53 Å². The molecule has 110 valence electrons. The Morgan fingerprint density at radius 2 is 2.35 bits per heavy atom. The van der Waals surface area contributed by atoms with Gasteiger partial charge in [0.1, 0.15) is 0 Å². The van der Waals surface area contributed by atoms with Crippen molar-refractivity contribution >= 4 is 17.2 Å². The zero-order valence-corrected chi connectivity index (χ0v) is 12.5. The van der Waals surface area contributed by atoms with E-state index in [4.69, 9.17) is 4.74 Å². The zero-order chi connectivity index (χ0) is 13.8. The fraction of sp³-hybridized carbons (Fsp3) is 0.667. The Morgan fingerprint density at radius 1 is 1.45 bits per heavy atom. The van der Waals surface area contributed by atoms with Crippen LogP contribution in [0.3, 0.4) is 0 Å². The summed E-state index contributed by atoms with van der Waals surface area (Å²) in [6.45, 7) is 2.91. The second-order valence-electron chi connectivity index (χ2n) is 5.65. The maximum atomic E-state index is 12.1. The molecule has 1 saturated heterocycles. The molecule has 1 aliphatic carbocycles. The van der Waals surface area contributed by atoms with Crippen molar-refractivity contribution in [3.05, 3.63) is 22.4 Å². The topological polar surface area (TPSA) is 41.6 Å². The molecule has 3 rings (SSSR count). The maximum absolute atomic E-state index is 12.1. The summed E-state index contributed by atoms with van der Waals surface area (Å²) in [5.41, 5.74) is 0. The van der Waals surface area contributed by atoms with Gasteiger partial charge in [-0.2, -0.15) is 0 Å². The van der Waals surface area contributed by atoms with E-state index in [-0.39, 0.29) is 12.0 Å². The molecule has 2 aliphatic rings. The smallest absolute Gasteiger partial charge is 0.234 e. The highest BCUT2D eigenvalue weighted by atomic mass is 32.1. The van der Waals surface area contributed by atoms with E-state index in [1.807, 2.05) is 0 Å². The molecule has 1 atom stereocenters. The number of rotatable bonds is 7. The van der Waals surface area contributed by atoms with Crippen LogP contribution in [0, 0.1) is 0 Å². The molecular weight excluding hydrogens is 272 g/mol. The standard InChI is InChI=1S/C15H22N2O2S/c18-15(16-9-13-3-1-7-19-13)11-17(12-5-6-12)10-14-4-2-8-20-14/h2,4,8,12-13H,1,3,5-7,9-11H2,(H,16,18)/t13-/m1/s1. The highest BCUT2D eigenvalue weighted by Gasteiger charge is 2.30. The second kappa shape index (κ2) is 6.70. The molecule has 1 saturated carbocycles. The van der Waals surface area contributed by atoms with Crippen molar-refractivity contribution in [2.75, 3.05) is 19.7 Å². The number of carbonyl (C=O) groups is 1.